The summed E-state index contributed by atoms with van der Waals surface area (Å²) in [5, 5.41) is 6.60. The van der Waals surface area contributed by atoms with Crippen molar-refractivity contribution in [3.05, 3.63) is 35.1 Å². The van der Waals surface area contributed by atoms with Gasteiger partial charge in [0.15, 0.2) is 0 Å². The van der Waals surface area contributed by atoms with E-state index in [2.05, 4.69) is 25.6 Å². The van der Waals surface area contributed by atoms with Crippen LogP contribution in [0.25, 0.3) is 0 Å². The Morgan fingerprint density at radius 3 is 2.79 bits per heavy atom. The monoisotopic (exact) mass is 484 g/mol. The maximum absolute atomic E-state index is 12.6. The zero-order chi connectivity index (χ0) is 23.9. The number of hydrogen-bond acceptors (Lipinski definition) is 7. The fraction of sp³-hybridized carbons (Fsp3) is 0.458. The van der Waals surface area contributed by atoms with Crippen LogP contribution in [0.1, 0.15) is 50.0 Å². The van der Waals surface area contributed by atoms with E-state index in [4.69, 9.17) is 16.3 Å². The Kier molecular flexibility index (Phi) is 7.95. The molecule has 9 nitrogen and oxygen atoms in total. The van der Waals surface area contributed by atoms with Gasteiger partial charge in [-0.05, 0) is 31.4 Å². The van der Waals surface area contributed by atoms with Crippen LogP contribution in [0.2, 0.25) is 5.02 Å². The fourth-order valence-electron chi connectivity index (χ4n) is 3.99. The normalized spacial score (nSPS) is 19.9. The van der Waals surface area contributed by atoms with Gasteiger partial charge in [0.2, 0.25) is 11.8 Å². The Morgan fingerprint density at radius 1 is 1.09 bits per heavy atom. The number of anilines is 2. The SMILES string of the molecule is CN1CCCNc2ncnc3c2C(C=Nc2ccc(Cl)c(c2)OCCCCCCC1=O)C(=O)N3. The van der Waals surface area contributed by atoms with E-state index in [0.29, 0.717) is 59.8 Å². The molecule has 2 aliphatic heterocycles. The number of aliphatic imine (C=N–C) groups is 1. The van der Waals surface area contributed by atoms with E-state index >= 15 is 0 Å². The van der Waals surface area contributed by atoms with Crippen molar-refractivity contribution in [3.63, 3.8) is 0 Å². The molecule has 10 heteroatoms. The highest BCUT2D eigenvalue weighted by atomic mass is 35.5. The molecule has 34 heavy (non-hydrogen) atoms. The molecule has 2 bridgehead atoms. The third-order valence-electron chi connectivity index (χ3n) is 5.94. The van der Waals surface area contributed by atoms with E-state index in [1.54, 1.807) is 29.3 Å². The quantitative estimate of drug-likeness (QED) is 0.580. The number of nitrogens with one attached hydrogen (secondary N) is 2. The van der Waals surface area contributed by atoms with Crippen molar-refractivity contribution in [2.24, 2.45) is 4.99 Å². The minimum atomic E-state index is -0.628. The summed E-state index contributed by atoms with van der Waals surface area (Å²) in [4.78, 5) is 39.9. The smallest absolute Gasteiger partial charge is 0.238 e. The summed E-state index contributed by atoms with van der Waals surface area (Å²) in [5.74, 6) is 0.929. The van der Waals surface area contributed by atoms with Gasteiger partial charge in [0.25, 0.3) is 0 Å². The minimum Gasteiger partial charge on any atom is -0.492 e. The first kappa shape index (κ1) is 23.9. The molecular formula is C24H29ClN6O3. The Morgan fingerprint density at radius 2 is 1.91 bits per heavy atom. The number of hydrogen-bond donors (Lipinski definition) is 2. The van der Waals surface area contributed by atoms with Gasteiger partial charge in [-0.1, -0.05) is 24.4 Å². The van der Waals surface area contributed by atoms with Gasteiger partial charge in [-0.25, -0.2) is 9.97 Å². The predicted octanol–water partition coefficient (Wildman–Crippen LogP) is 4.17. The van der Waals surface area contributed by atoms with Crippen LogP contribution in [0.15, 0.2) is 29.5 Å². The lowest BCUT2D eigenvalue weighted by Crippen LogP contribution is -2.28. The van der Waals surface area contributed by atoms with E-state index in [9.17, 15) is 9.59 Å². The van der Waals surface area contributed by atoms with Gasteiger partial charge in [0, 0.05) is 38.8 Å². The number of fused-ring (bicyclic) bond motifs is 2. The van der Waals surface area contributed by atoms with Crippen molar-refractivity contribution in [3.8, 4) is 5.75 Å². The lowest BCUT2D eigenvalue weighted by molar-refractivity contribution is -0.130. The van der Waals surface area contributed by atoms with Crippen LogP contribution in [0.5, 0.6) is 5.75 Å². The van der Waals surface area contributed by atoms with Crippen molar-refractivity contribution in [1.29, 1.82) is 0 Å². The van der Waals surface area contributed by atoms with Gasteiger partial charge in [-0.15, -0.1) is 0 Å². The van der Waals surface area contributed by atoms with Crippen LogP contribution in [0, 0.1) is 0 Å². The topological polar surface area (TPSA) is 109 Å². The molecule has 1 unspecified atom stereocenters. The number of carbonyl (C=O) groups excluding carboxylic acids is 2. The van der Waals surface area contributed by atoms with Crippen molar-refractivity contribution in [1.82, 2.24) is 14.9 Å². The average Bonchev–Trinajstić information content (AvgIpc) is 3.16. The third-order valence-corrected chi connectivity index (χ3v) is 6.25. The molecule has 180 valence electrons. The summed E-state index contributed by atoms with van der Waals surface area (Å²) < 4.78 is 5.86. The Hall–Kier alpha value is -3.20. The van der Waals surface area contributed by atoms with E-state index in [1.165, 1.54) is 6.33 Å². The summed E-state index contributed by atoms with van der Waals surface area (Å²) in [6, 6.07) is 5.29. The number of amides is 2. The summed E-state index contributed by atoms with van der Waals surface area (Å²) >= 11 is 6.29. The number of halogens is 1. The lowest BCUT2D eigenvalue weighted by Gasteiger charge is -2.18. The maximum atomic E-state index is 12.6. The van der Waals surface area contributed by atoms with Crippen LogP contribution in [0.3, 0.4) is 0 Å². The molecule has 2 aliphatic rings. The second-order valence-electron chi connectivity index (χ2n) is 8.45. The van der Waals surface area contributed by atoms with Crippen LogP contribution >= 0.6 is 11.6 Å². The molecule has 2 N–H and O–H groups in total. The molecule has 0 saturated carbocycles. The highest BCUT2D eigenvalue weighted by Crippen LogP contribution is 2.35. The molecule has 0 saturated heterocycles. The van der Waals surface area contributed by atoms with Crippen molar-refractivity contribution in [2.75, 3.05) is 37.4 Å². The van der Waals surface area contributed by atoms with Crippen LogP contribution in [-0.4, -0.2) is 59.6 Å². The molecule has 0 aliphatic carbocycles. The van der Waals surface area contributed by atoms with Crippen LogP contribution in [0.4, 0.5) is 17.3 Å². The number of benzene rings is 1. The molecule has 2 amide bonds. The van der Waals surface area contributed by atoms with Gasteiger partial charge in [0.05, 0.1) is 22.9 Å². The number of ether oxygens (including phenoxy) is 1. The second-order valence-corrected chi connectivity index (χ2v) is 8.86. The Bertz CT molecular complexity index is 1080. The summed E-state index contributed by atoms with van der Waals surface area (Å²) in [5.41, 5.74) is 1.30. The minimum absolute atomic E-state index is 0.153. The fourth-order valence-corrected chi connectivity index (χ4v) is 4.17. The molecule has 3 heterocycles. The van der Waals surface area contributed by atoms with Crippen molar-refractivity contribution in [2.45, 2.75) is 44.4 Å². The van der Waals surface area contributed by atoms with Gasteiger partial charge >= 0.3 is 0 Å². The van der Waals surface area contributed by atoms with E-state index in [1.807, 2.05) is 7.05 Å². The summed E-state index contributed by atoms with van der Waals surface area (Å²) in [6.45, 7) is 1.79. The Balaban J connectivity index is 1.57. The standard InChI is InChI=1S/C24H29ClN6O3/c1-31-11-6-10-26-22-21-17(24(33)30-23(21)29-15-28-22)14-27-16-8-9-18(25)19(13-16)34-12-5-3-2-4-7-20(31)32/h8-9,13-15,17H,2-7,10-12H2,1H3,(H2,26,28,29,30,33). The molecule has 1 aromatic carbocycles. The zero-order valence-corrected chi connectivity index (χ0v) is 20.0. The molecule has 0 fully saturated rings. The van der Waals surface area contributed by atoms with Gasteiger partial charge in [-0.3, -0.25) is 14.6 Å². The number of carbonyl (C=O) groups is 2. The number of aromatic nitrogens is 2. The predicted molar refractivity (Wildman–Crippen MR) is 132 cm³/mol. The van der Waals surface area contributed by atoms with Crippen LogP contribution < -0.4 is 15.4 Å². The van der Waals surface area contributed by atoms with Gasteiger partial charge in [0.1, 0.15) is 29.6 Å². The second kappa shape index (κ2) is 11.3. The molecular weight excluding hydrogens is 456 g/mol. The summed E-state index contributed by atoms with van der Waals surface area (Å²) in [6.07, 6.45) is 8.01. The number of rotatable bonds is 0. The highest BCUT2D eigenvalue weighted by molar-refractivity contribution is 6.32. The van der Waals surface area contributed by atoms with Crippen molar-refractivity contribution < 1.29 is 14.3 Å². The molecule has 4 rings (SSSR count). The van der Waals surface area contributed by atoms with Crippen LogP contribution in [-0.2, 0) is 9.59 Å². The highest BCUT2D eigenvalue weighted by Gasteiger charge is 2.33. The molecule has 0 radical (unpaired) electrons. The Labute approximate surface area is 204 Å². The lowest BCUT2D eigenvalue weighted by atomic mass is 10.0. The first-order valence-electron chi connectivity index (χ1n) is 11.6. The van der Waals surface area contributed by atoms with E-state index in [0.717, 1.165) is 32.1 Å². The molecule has 0 spiro atoms. The summed E-state index contributed by atoms with van der Waals surface area (Å²) in [7, 11) is 1.83. The van der Waals surface area contributed by atoms with E-state index < -0.39 is 5.92 Å². The molecule has 1 atom stereocenters. The maximum Gasteiger partial charge on any atom is 0.238 e. The van der Waals surface area contributed by atoms with Gasteiger partial charge in [-0.2, -0.15) is 0 Å². The largest absolute Gasteiger partial charge is 0.492 e. The van der Waals surface area contributed by atoms with E-state index in [-0.39, 0.29) is 11.8 Å². The van der Waals surface area contributed by atoms with Crippen molar-refractivity contribution >= 4 is 47.0 Å². The average molecular weight is 485 g/mol. The van der Waals surface area contributed by atoms with Gasteiger partial charge < -0.3 is 20.3 Å². The first-order chi connectivity index (χ1) is 16.5. The number of nitrogens with zero attached hydrogens (tertiary/aromatic N) is 4. The molecule has 1 aromatic heterocycles. The molecule has 2 aromatic rings. The third kappa shape index (κ3) is 5.83. The zero-order valence-electron chi connectivity index (χ0n) is 19.2. The first-order valence-corrected chi connectivity index (χ1v) is 12.0.